The Hall–Kier alpha value is -1.01. The molecule has 96 valence electrons. The quantitative estimate of drug-likeness (QED) is 0.753. The molecule has 0 bridgehead atoms. The Morgan fingerprint density at radius 3 is 2.82 bits per heavy atom. The van der Waals surface area contributed by atoms with Crippen molar-refractivity contribution in [1.29, 1.82) is 0 Å². The lowest BCUT2D eigenvalue weighted by atomic mass is 9.77. The van der Waals surface area contributed by atoms with Crippen molar-refractivity contribution in [3.8, 4) is 12.3 Å². The summed E-state index contributed by atoms with van der Waals surface area (Å²) >= 11 is 0. The largest absolute Gasteiger partial charge is 0.330 e. The first-order valence-corrected chi connectivity index (χ1v) is 6.48. The fourth-order valence-electron chi connectivity index (χ4n) is 2.46. The summed E-state index contributed by atoms with van der Waals surface area (Å²) in [6.07, 6.45) is 8.50. The molecule has 0 radical (unpaired) electrons. The summed E-state index contributed by atoms with van der Waals surface area (Å²) in [5.41, 5.74) is 0.0237. The molecule has 0 aromatic heterocycles. The molecule has 1 rings (SSSR count). The molecule has 3 heteroatoms. The Kier molecular flexibility index (Phi) is 5.02. The molecule has 0 spiro atoms. The summed E-state index contributed by atoms with van der Waals surface area (Å²) in [5.74, 6) is 2.74. The van der Waals surface area contributed by atoms with Crippen LogP contribution in [-0.4, -0.2) is 36.5 Å². The molecule has 1 unspecified atom stereocenters. The van der Waals surface area contributed by atoms with Crippen LogP contribution < -0.4 is 5.32 Å². The Bertz CT molecular complexity index is 304. The van der Waals surface area contributed by atoms with E-state index in [1.54, 1.807) is 4.90 Å². The van der Waals surface area contributed by atoms with Gasteiger partial charge < -0.3 is 10.2 Å². The maximum Gasteiger partial charge on any atom is 0.241 e. The van der Waals surface area contributed by atoms with Gasteiger partial charge in [0.15, 0.2) is 0 Å². The highest BCUT2D eigenvalue weighted by Crippen LogP contribution is 2.31. The SMILES string of the molecule is C#CCN(CCC)C(=O)C1NCCCC1(C)C. The summed E-state index contributed by atoms with van der Waals surface area (Å²) in [6, 6.07) is -0.0869. The smallest absolute Gasteiger partial charge is 0.241 e. The third-order valence-electron chi connectivity index (χ3n) is 3.46. The molecule has 1 aliphatic heterocycles. The number of hydrogen-bond acceptors (Lipinski definition) is 2. The Morgan fingerprint density at radius 1 is 1.59 bits per heavy atom. The number of carbonyl (C=O) groups is 1. The van der Waals surface area contributed by atoms with Gasteiger partial charge in [0, 0.05) is 6.54 Å². The minimum atomic E-state index is -0.0869. The van der Waals surface area contributed by atoms with Gasteiger partial charge >= 0.3 is 0 Å². The van der Waals surface area contributed by atoms with Gasteiger partial charge in [0.2, 0.25) is 5.91 Å². The molecule has 1 saturated heterocycles. The zero-order valence-corrected chi connectivity index (χ0v) is 11.3. The van der Waals surface area contributed by atoms with Gasteiger partial charge in [-0.1, -0.05) is 26.7 Å². The van der Waals surface area contributed by atoms with E-state index < -0.39 is 0 Å². The lowest BCUT2D eigenvalue weighted by Crippen LogP contribution is -2.56. The van der Waals surface area contributed by atoms with Crippen LogP contribution >= 0.6 is 0 Å². The molecule has 1 fully saturated rings. The molecule has 1 aliphatic rings. The van der Waals surface area contributed by atoms with Crippen LogP contribution in [0.2, 0.25) is 0 Å². The second kappa shape index (κ2) is 6.07. The minimum Gasteiger partial charge on any atom is -0.330 e. The number of amides is 1. The summed E-state index contributed by atoms with van der Waals surface area (Å²) in [5, 5.41) is 3.35. The van der Waals surface area contributed by atoms with Crippen molar-refractivity contribution in [3.63, 3.8) is 0 Å². The first-order chi connectivity index (χ1) is 8.03. The Labute approximate surface area is 105 Å². The summed E-state index contributed by atoms with van der Waals surface area (Å²) in [7, 11) is 0. The standard InChI is InChI=1S/C14H24N2O/c1-5-10-16(11-6-2)13(17)12-14(3,4)8-7-9-15-12/h1,12,15H,6-11H2,2-4H3. The molecular weight excluding hydrogens is 212 g/mol. The Balaban J connectivity index is 2.74. The maximum atomic E-state index is 12.5. The second-order valence-corrected chi connectivity index (χ2v) is 5.44. The highest BCUT2D eigenvalue weighted by molar-refractivity contribution is 5.83. The van der Waals surface area contributed by atoms with Gasteiger partial charge in [-0.25, -0.2) is 0 Å². The van der Waals surface area contributed by atoms with E-state index in [2.05, 4.69) is 32.0 Å². The number of hydrogen-bond donors (Lipinski definition) is 1. The van der Waals surface area contributed by atoms with Crippen LogP contribution in [0.4, 0.5) is 0 Å². The Morgan fingerprint density at radius 2 is 2.29 bits per heavy atom. The molecule has 1 atom stereocenters. The van der Waals surface area contributed by atoms with Crippen LogP contribution in [0.5, 0.6) is 0 Å². The van der Waals surface area contributed by atoms with E-state index in [0.717, 1.165) is 32.4 Å². The fraction of sp³-hybridized carbons (Fsp3) is 0.786. The van der Waals surface area contributed by atoms with E-state index in [0.29, 0.717) is 6.54 Å². The van der Waals surface area contributed by atoms with Gasteiger partial charge in [0.05, 0.1) is 12.6 Å². The van der Waals surface area contributed by atoms with Crippen LogP contribution in [0.3, 0.4) is 0 Å². The van der Waals surface area contributed by atoms with Crippen molar-refractivity contribution >= 4 is 5.91 Å². The average molecular weight is 236 g/mol. The van der Waals surface area contributed by atoms with E-state index >= 15 is 0 Å². The van der Waals surface area contributed by atoms with E-state index in [9.17, 15) is 4.79 Å². The van der Waals surface area contributed by atoms with Gasteiger partial charge in [-0.15, -0.1) is 6.42 Å². The topological polar surface area (TPSA) is 32.3 Å². The van der Waals surface area contributed by atoms with E-state index in [1.165, 1.54) is 0 Å². The van der Waals surface area contributed by atoms with E-state index in [-0.39, 0.29) is 17.4 Å². The molecule has 1 heterocycles. The van der Waals surface area contributed by atoms with Crippen molar-refractivity contribution < 1.29 is 4.79 Å². The van der Waals surface area contributed by atoms with Crippen LogP contribution in [0, 0.1) is 17.8 Å². The zero-order valence-electron chi connectivity index (χ0n) is 11.3. The zero-order chi connectivity index (χ0) is 12.9. The summed E-state index contributed by atoms with van der Waals surface area (Å²) < 4.78 is 0. The maximum absolute atomic E-state index is 12.5. The number of piperidine rings is 1. The molecule has 17 heavy (non-hydrogen) atoms. The van der Waals surface area contributed by atoms with Gasteiger partial charge in [-0.05, 0) is 31.2 Å². The van der Waals surface area contributed by atoms with Gasteiger partial charge in [0.1, 0.15) is 0 Å². The first-order valence-electron chi connectivity index (χ1n) is 6.48. The molecule has 0 aromatic rings. The number of nitrogens with zero attached hydrogens (tertiary/aromatic N) is 1. The molecule has 0 saturated carbocycles. The highest BCUT2D eigenvalue weighted by Gasteiger charge is 2.38. The van der Waals surface area contributed by atoms with Crippen molar-refractivity contribution in [2.75, 3.05) is 19.6 Å². The van der Waals surface area contributed by atoms with Crippen molar-refractivity contribution in [2.24, 2.45) is 5.41 Å². The molecule has 3 nitrogen and oxygen atoms in total. The summed E-state index contributed by atoms with van der Waals surface area (Å²) in [4.78, 5) is 14.3. The highest BCUT2D eigenvalue weighted by atomic mass is 16.2. The lowest BCUT2D eigenvalue weighted by Gasteiger charge is -2.40. The number of carbonyl (C=O) groups excluding carboxylic acids is 1. The third kappa shape index (κ3) is 3.47. The van der Waals surface area contributed by atoms with Gasteiger partial charge in [-0.2, -0.15) is 0 Å². The van der Waals surface area contributed by atoms with E-state index in [4.69, 9.17) is 6.42 Å². The number of rotatable bonds is 4. The monoisotopic (exact) mass is 236 g/mol. The average Bonchev–Trinajstić information content (AvgIpc) is 2.27. The summed E-state index contributed by atoms with van der Waals surface area (Å²) in [6.45, 7) is 8.47. The van der Waals surface area contributed by atoms with Gasteiger partial charge in [-0.3, -0.25) is 4.79 Å². The first kappa shape index (κ1) is 14.1. The predicted octanol–water partition coefficient (Wildman–Crippen LogP) is 1.64. The van der Waals surface area contributed by atoms with Crippen molar-refractivity contribution in [1.82, 2.24) is 10.2 Å². The molecule has 1 amide bonds. The normalized spacial score (nSPS) is 22.8. The van der Waals surface area contributed by atoms with Crippen LogP contribution in [0.25, 0.3) is 0 Å². The fourth-order valence-corrected chi connectivity index (χ4v) is 2.46. The molecular formula is C14H24N2O. The van der Waals surface area contributed by atoms with Crippen molar-refractivity contribution in [3.05, 3.63) is 0 Å². The van der Waals surface area contributed by atoms with Crippen LogP contribution in [0.15, 0.2) is 0 Å². The molecule has 1 N–H and O–H groups in total. The third-order valence-corrected chi connectivity index (χ3v) is 3.46. The second-order valence-electron chi connectivity index (χ2n) is 5.44. The van der Waals surface area contributed by atoms with Gasteiger partial charge in [0.25, 0.3) is 0 Å². The number of nitrogens with one attached hydrogen (secondary N) is 1. The molecule has 0 aromatic carbocycles. The lowest BCUT2D eigenvalue weighted by molar-refractivity contribution is -0.136. The van der Waals surface area contributed by atoms with E-state index in [1.807, 2.05) is 0 Å². The van der Waals surface area contributed by atoms with Crippen LogP contribution in [0.1, 0.15) is 40.0 Å². The van der Waals surface area contributed by atoms with Crippen LogP contribution in [-0.2, 0) is 4.79 Å². The molecule has 0 aliphatic carbocycles. The predicted molar refractivity (Wildman–Crippen MR) is 70.5 cm³/mol. The number of terminal acetylenes is 1. The minimum absolute atomic E-state index is 0.0237. The van der Waals surface area contributed by atoms with Crippen molar-refractivity contribution in [2.45, 2.75) is 46.1 Å².